The van der Waals surface area contributed by atoms with Gasteiger partial charge in [0.15, 0.2) is 0 Å². The zero-order valence-corrected chi connectivity index (χ0v) is 12.5. The number of nitrogens with zero attached hydrogens (tertiary/aromatic N) is 2. The van der Waals surface area contributed by atoms with Crippen molar-refractivity contribution in [3.8, 4) is 11.5 Å². The summed E-state index contributed by atoms with van der Waals surface area (Å²) in [7, 11) is 0. The van der Waals surface area contributed by atoms with Crippen LogP contribution in [-0.2, 0) is 0 Å². The van der Waals surface area contributed by atoms with Crippen molar-refractivity contribution >= 4 is 11.8 Å². The molecule has 0 aliphatic carbocycles. The summed E-state index contributed by atoms with van der Waals surface area (Å²) in [4.78, 5) is 0. The molecule has 112 valence electrons. The predicted molar refractivity (Wildman–Crippen MR) is 80.4 cm³/mol. The van der Waals surface area contributed by atoms with Gasteiger partial charge in [0, 0.05) is 16.4 Å². The maximum Gasteiger partial charge on any atom is 0.277 e. The van der Waals surface area contributed by atoms with Crippen molar-refractivity contribution in [1.82, 2.24) is 10.2 Å². The second-order valence-electron chi connectivity index (χ2n) is 4.63. The van der Waals surface area contributed by atoms with E-state index < -0.39 is 16.9 Å². The van der Waals surface area contributed by atoms with Crippen molar-refractivity contribution in [2.75, 3.05) is 0 Å². The van der Waals surface area contributed by atoms with Crippen LogP contribution in [0.3, 0.4) is 0 Å². The maximum atomic E-state index is 13.8. The van der Waals surface area contributed by atoms with E-state index in [0.717, 1.165) is 17.3 Å². The van der Waals surface area contributed by atoms with Crippen LogP contribution in [0.5, 0.6) is 0 Å². The monoisotopic (exact) mass is 318 g/mol. The van der Waals surface area contributed by atoms with Crippen molar-refractivity contribution in [2.24, 2.45) is 0 Å². The van der Waals surface area contributed by atoms with E-state index in [1.807, 2.05) is 30.3 Å². The summed E-state index contributed by atoms with van der Waals surface area (Å²) in [5.41, 5.74) is 0.804. The lowest BCUT2D eigenvalue weighted by molar-refractivity contribution is 0.464. The Bertz CT molecular complexity index is 757. The molecular weight excluding hydrogens is 306 g/mol. The highest BCUT2D eigenvalue weighted by molar-refractivity contribution is 7.99. The van der Waals surface area contributed by atoms with Gasteiger partial charge in [-0.05, 0) is 31.2 Å². The Morgan fingerprint density at radius 3 is 2.32 bits per heavy atom. The minimum absolute atomic E-state index is 0.00645. The van der Waals surface area contributed by atoms with Crippen molar-refractivity contribution in [3.05, 3.63) is 65.7 Å². The van der Waals surface area contributed by atoms with Gasteiger partial charge in [0.05, 0.1) is 0 Å². The van der Waals surface area contributed by atoms with Gasteiger partial charge in [-0.3, -0.25) is 0 Å². The average molecular weight is 318 g/mol. The average Bonchev–Trinajstić information content (AvgIpc) is 2.96. The Morgan fingerprint density at radius 2 is 1.64 bits per heavy atom. The minimum Gasteiger partial charge on any atom is -0.411 e. The molecule has 3 nitrogen and oxygen atoms in total. The Labute approximate surface area is 130 Å². The molecule has 1 unspecified atom stereocenters. The minimum atomic E-state index is -0.581. The molecule has 6 heteroatoms. The van der Waals surface area contributed by atoms with E-state index in [1.165, 1.54) is 18.2 Å². The first-order valence-electron chi connectivity index (χ1n) is 6.64. The molecule has 1 heterocycles. The van der Waals surface area contributed by atoms with Crippen LogP contribution in [0.4, 0.5) is 8.78 Å². The SMILES string of the molecule is CC(Sc1nnc(-c2ccccc2)o1)c1c(F)cccc1F. The van der Waals surface area contributed by atoms with E-state index in [-0.39, 0.29) is 10.8 Å². The van der Waals surface area contributed by atoms with Gasteiger partial charge in [-0.1, -0.05) is 36.0 Å². The summed E-state index contributed by atoms with van der Waals surface area (Å²) < 4.78 is 33.0. The van der Waals surface area contributed by atoms with E-state index in [0.29, 0.717) is 5.89 Å². The third-order valence-corrected chi connectivity index (χ3v) is 4.07. The van der Waals surface area contributed by atoms with Gasteiger partial charge in [-0.25, -0.2) is 8.78 Å². The highest BCUT2D eigenvalue weighted by atomic mass is 32.2. The standard InChI is InChI=1S/C16H12F2N2OS/c1-10(14-12(17)8-5-9-13(14)18)22-16-20-19-15(21-16)11-6-3-2-4-7-11/h2-10H,1H3. The van der Waals surface area contributed by atoms with Crippen LogP contribution < -0.4 is 0 Å². The normalized spacial score (nSPS) is 12.3. The highest BCUT2D eigenvalue weighted by Gasteiger charge is 2.20. The summed E-state index contributed by atoms with van der Waals surface area (Å²) in [6.45, 7) is 1.69. The molecule has 0 bridgehead atoms. The number of halogens is 2. The lowest BCUT2D eigenvalue weighted by Crippen LogP contribution is -1.97. The van der Waals surface area contributed by atoms with Gasteiger partial charge >= 0.3 is 0 Å². The second-order valence-corrected chi connectivity index (χ2v) is 5.93. The quantitative estimate of drug-likeness (QED) is 0.643. The Kier molecular flexibility index (Phi) is 4.20. The zero-order valence-electron chi connectivity index (χ0n) is 11.7. The fourth-order valence-electron chi connectivity index (χ4n) is 2.06. The summed E-state index contributed by atoms with van der Waals surface area (Å²) in [5, 5.41) is 7.66. The molecule has 0 spiro atoms. The Morgan fingerprint density at radius 1 is 0.955 bits per heavy atom. The number of hydrogen-bond donors (Lipinski definition) is 0. The topological polar surface area (TPSA) is 38.9 Å². The first kappa shape index (κ1) is 14.7. The van der Waals surface area contributed by atoms with E-state index >= 15 is 0 Å². The fraction of sp³-hybridized carbons (Fsp3) is 0.125. The van der Waals surface area contributed by atoms with Crippen LogP contribution in [0.1, 0.15) is 17.7 Å². The molecule has 3 aromatic rings. The number of hydrogen-bond acceptors (Lipinski definition) is 4. The smallest absolute Gasteiger partial charge is 0.277 e. The highest BCUT2D eigenvalue weighted by Crippen LogP contribution is 2.37. The van der Waals surface area contributed by atoms with Gasteiger partial charge in [-0.2, -0.15) is 0 Å². The molecule has 0 aliphatic rings. The largest absolute Gasteiger partial charge is 0.411 e. The second kappa shape index (κ2) is 6.27. The van der Waals surface area contributed by atoms with Crippen molar-refractivity contribution in [1.29, 1.82) is 0 Å². The molecular formula is C16H12F2N2OS. The van der Waals surface area contributed by atoms with E-state index in [4.69, 9.17) is 4.42 Å². The molecule has 0 N–H and O–H groups in total. The fourth-order valence-corrected chi connectivity index (χ4v) is 2.92. The summed E-state index contributed by atoms with van der Waals surface area (Å²) in [6.07, 6.45) is 0. The van der Waals surface area contributed by atoms with Gasteiger partial charge < -0.3 is 4.42 Å². The molecule has 2 aromatic carbocycles. The van der Waals surface area contributed by atoms with Gasteiger partial charge in [0.1, 0.15) is 11.6 Å². The van der Waals surface area contributed by atoms with Crippen LogP contribution in [0, 0.1) is 11.6 Å². The molecule has 1 atom stereocenters. The van der Waals surface area contributed by atoms with E-state index in [1.54, 1.807) is 6.92 Å². The van der Waals surface area contributed by atoms with Crippen molar-refractivity contribution < 1.29 is 13.2 Å². The third kappa shape index (κ3) is 3.01. The molecule has 0 fully saturated rings. The van der Waals surface area contributed by atoms with Gasteiger partial charge in [0.25, 0.3) is 5.22 Å². The molecule has 0 radical (unpaired) electrons. The van der Waals surface area contributed by atoms with Crippen LogP contribution >= 0.6 is 11.8 Å². The Hall–Kier alpha value is -2.21. The third-order valence-electron chi connectivity index (χ3n) is 3.11. The van der Waals surface area contributed by atoms with Crippen LogP contribution in [0.25, 0.3) is 11.5 Å². The molecule has 0 aliphatic heterocycles. The lowest BCUT2D eigenvalue weighted by atomic mass is 10.1. The summed E-state index contributed by atoms with van der Waals surface area (Å²) in [5.74, 6) is -0.782. The van der Waals surface area contributed by atoms with Crippen LogP contribution in [-0.4, -0.2) is 10.2 Å². The molecule has 3 rings (SSSR count). The van der Waals surface area contributed by atoms with Crippen molar-refractivity contribution in [2.45, 2.75) is 17.4 Å². The molecule has 0 saturated heterocycles. The first-order chi connectivity index (χ1) is 10.6. The Balaban J connectivity index is 1.81. The van der Waals surface area contributed by atoms with Gasteiger partial charge in [-0.15, -0.1) is 10.2 Å². The molecule has 0 amide bonds. The lowest BCUT2D eigenvalue weighted by Gasteiger charge is -2.10. The molecule has 22 heavy (non-hydrogen) atoms. The molecule has 0 saturated carbocycles. The van der Waals surface area contributed by atoms with E-state index in [2.05, 4.69) is 10.2 Å². The first-order valence-corrected chi connectivity index (χ1v) is 7.52. The summed E-state index contributed by atoms with van der Waals surface area (Å²) >= 11 is 1.12. The maximum absolute atomic E-state index is 13.8. The van der Waals surface area contributed by atoms with Crippen molar-refractivity contribution in [3.63, 3.8) is 0 Å². The number of rotatable bonds is 4. The predicted octanol–water partition coefficient (Wildman–Crippen LogP) is 4.87. The van der Waals surface area contributed by atoms with Gasteiger partial charge in [0.2, 0.25) is 5.89 Å². The number of thioether (sulfide) groups is 1. The number of benzene rings is 2. The number of aromatic nitrogens is 2. The van der Waals surface area contributed by atoms with Crippen LogP contribution in [0.2, 0.25) is 0 Å². The summed E-state index contributed by atoms with van der Waals surface area (Å²) in [6, 6.07) is 13.1. The molecule has 1 aromatic heterocycles. The zero-order chi connectivity index (χ0) is 15.5. The van der Waals surface area contributed by atoms with Crippen LogP contribution in [0.15, 0.2) is 58.2 Å². The van der Waals surface area contributed by atoms with E-state index in [9.17, 15) is 8.78 Å².